The molecule has 1 rings (SSSR count). The second kappa shape index (κ2) is 10.5. The molecule has 0 aliphatic carbocycles. The van der Waals surface area contributed by atoms with Gasteiger partial charge in [-0.05, 0) is 24.6 Å². The fourth-order valence-electron chi connectivity index (χ4n) is 1.57. The maximum Gasteiger partial charge on any atom is 0.339 e. The van der Waals surface area contributed by atoms with Gasteiger partial charge in [0.1, 0.15) is 0 Å². The van der Waals surface area contributed by atoms with E-state index in [9.17, 15) is 9.59 Å². The number of carbonyl (C=O) groups is 2. The van der Waals surface area contributed by atoms with Crippen LogP contribution in [0.25, 0.3) is 0 Å². The number of unbranched alkanes of at least 4 members (excludes halogenated alkanes) is 1. The third-order valence-electron chi connectivity index (χ3n) is 2.67. The maximum absolute atomic E-state index is 11.9. The molecule has 0 atom stereocenters. The molecule has 0 unspecified atom stereocenters. The van der Waals surface area contributed by atoms with Gasteiger partial charge in [0.15, 0.2) is 0 Å². The maximum atomic E-state index is 11.9. The summed E-state index contributed by atoms with van der Waals surface area (Å²) in [6.07, 6.45) is 1.73. The lowest BCUT2D eigenvalue weighted by Gasteiger charge is -2.09. The first kappa shape index (κ1) is 18.8. The van der Waals surface area contributed by atoms with Gasteiger partial charge in [-0.1, -0.05) is 24.9 Å². The number of esters is 1. The standard InChI is InChI=1S/C15H20ClNO4S/c1-2-3-7-21-15(20)12-9-11(4-5-13(12)16)17-14(19)10-22-8-6-18/h4-5,9,18H,2-3,6-8,10H2,1H3,(H,17,19). The molecule has 0 radical (unpaired) electrons. The molecule has 22 heavy (non-hydrogen) atoms. The normalized spacial score (nSPS) is 10.3. The number of benzene rings is 1. The Labute approximate surface area is 139 Å². The zero-order valence-corrected chi connectivity index (χ0v) is 14.0. The van der Waals surface area contributed by atoms with E-state index in [1.807, 2.05) is 6.92 Å². The Bertz CT molecular complexity index is 510. The van der Waals surface area contributed by atoms with Gasteiger partial charge < -0.3 is 15.2 Å². The number of rotatable bonds is 9. The predicted molar refractivity (Wildman–Crippen MR) is 89.7 cm³/mol. The average Bonchev–Trinajstić information content (AvgIpc) is 2.49. The molecule has 5 nitrogen and oxygen atoms in total. The van der Waals surface area contributed by atoms with Crippen molar-refractivity contribution in [2.24, 2.45) is 0 Å². The third kappa shape index (κ3) is 6.68. The first-order valence-corrected chi connectivity index (χ1v) is 8.56. The summed E-state index contributed by atoms with van der Waals surface area (Å²) in [5, 5.41) is 11.6. The average molecular weight is 346 g/mol. The van der Waals surface area contributed by atoms with Crippen LogP contribution in [0.5, 0.6) is 0 Å². The number of thioether (sulfide) groups is 1. The summed E-state index contributed by atoms with van der Waals surface area (Å²) in [6, 6.07) is 4.68. The minimum absolute atomic E-state index is 0.0344. The van der Waals surface area contributed by atoms with E-state index in [2.05, 4.69) is 5.32 Å². The molecule has 0 heterocycles. The van der Waals surface area contributed by atoms with Crippen LogP contribution in [-0.2, 0) is 9.53 Å². The summed E-state index contributed by atoms with van der Waals surface area (Å²) in [5.74, 6) is 0.0398. The Kier molecular flexibility index (Phi) is 8.96. The van der Waals surface area contributed by atoms with Gasteiger partial charge >= 0.3 is 5.97 Å². The van der Waals surface area contributed by atoms with Crippen molar-refractivity contribution in [3.05, 3.63) is 28.8 Å². The molecular weight excluding hydrogens is 326 g/mol. The highest BCUT2D eigenvalue weighted by molar-refractivity contribution is 7.99. The van der Waals surface area contributed by atoms with Gasteiger partial charge in [0.25, 0.3) is 0 Å². The van der Waals surface area contributed by atoms with Crippen LogP contribution in [0.15, 0.2) is 18.2 Å². The second-order valence-electron chi connectivity index (χ2n) is 4.51. The number of anilines is 1. The van der Waals surface area contributed by atoms with Crippen molar-refractivity contribution in [2.45, 2.75) is 19.8 Å². The van der Waals surface area contributed by atoms with E-state index < -0.39 is 5.97 Å². The van der Waals surface area contributed by atoms with Crippen LogP contribution in [0.1, 0.15) is 30.1 Å². The number of amides is 1. The Balaban J connectivity index is 2.64. The summed E-state index contributed by atoms with van der Waals surface area (Å²) < 4.78 is 5.12. The molecule has 2 N–H and O–H groups in total. The lowest BCUT2D eigenvalue weighted by molar-refractivity contribution is -0.113. The van der Waals surface area contributed by atoms with Gasteiger partial charge in [-0.2, -0.15) is 0 Å². The highest BCUT2D eigenvalue weighted by Crippen LogP contribution is 2.22. The van der Waals surface area contributed by atoms with E-state index in [4.69, 9.17) is 21.4 Å². The molecule has 7 heteroatoms. The van der Waals surface area contributed by atoms with Crippen LogP contribution in [0.4, 0.5) is 5.69 Å². The number of halogens is 1. The van der Waals surface area contributed by atoms with E-state index in [0.29, 0.717) is 18.0 Å². The van der Waals surface area contributed by atoms with Crippen LogP contribution >= 0.6 is 23.4 Å². The Morgan fingerprint density at radius 1 is 1.41 bits per heavy atom. The molecule has 122 valence electrons. The monoisotopic (exact) mass is 345 g/mol. The van der Waals surface area contributed by atoms with Crippen molar-refractivity contribution in [3.8, 4) is 0 Å². The molecule has 0 bridgehead atoms. The smallest absolute Gasteiger partial charge is 0.339 e. The molecule has 1 aromatic carbocycles. The van der Waals surface area contributed by atoms with Crippen molar-refractivity contribution < 1.29 is 19.4 Å². The molecule has 0 spiro atoms. The van der Waals surface area contributed by atoms with Crippen molar-refractivity contribution in [1.82, 2.24) is 0 Å². The van der Waals surface area contributed by atoms with Crippen LogP contribution in [-0.4, -0.2) is 41.7 Å². The quantitative estimate of drug-likeness (QED) is 0.531. The van der Waals surface area contributed by atoms with E-state index in [1.54, 1.807) is 12.1 Å². The molecule has 0 aliphatic heterocycles. The number of ether oxygens (including phenoxy) is 1. The number of hydrogen-bond donors (Lipinski definition) is 2. The molecular formula is C15H20ClNO4S. The number of nitrogens with one attached hydrogen (secondary N) is 1. The van der Waals surface area contributed by atoms with Gasteiger partial charge in [0, 0.05) is 11.4 Å². The zero-order valence-electron chi connectivity index (χ0n) is 12.4. The summed E-state index contributed by atoms with van der Waals surface area (Å²) >= 11 is 7.33. The van der Waals surface area contributed by atoms with Gasteiger partial charge in [0.2, 0.25) is 5.91 Å². The van der Waals surface area contributed by atoms with Crippen LogP contribution in [0, 0.1) is 0 Å². The van der Waals surface area contributed by atoms with Crippen molar-refractivity contribution >= 4 is 40.9 Å². The summed E-state index contributed by atoms with van der Waals surface area (Å²) in [6.45, 7) is 2.39. The first-order chi connectivity index (χ1) is 10.6. The molecule has 1 amide bonds. The van der Waals surface area contributed by atoms with Gasteiger partial charge in [-0.15, -0.1) is 11.8 Å². The topological polar surface area (TPSA) is 75.6 Å². The third-order valence-corrected chi connectivity index (χ3v) is 3.94. The second-order valence-corrected chi connectivity index (χ2v) is 6.02. The van der Waals surface area contributed by atoms with Gasteiger partial charge in [-0.3, -0.25) is 4.79 Å². The van der Waals surface area contributed by atoms with Crippen molar-refractivity contribution in [2.75, 3.05) is 30.0 Å². The lowest BCUT2D eigenvalue weighted by atomic mass is 10.2. The van der Waals surface area contributed by atoms with E-state index in [0.717, 1.165) is 12.8 Å². The molecule has 0 saturated carbocycles. The largest absolute Gasteiger partial charge is 0.462 e. The Morgan fingerprint density at radius 3 is 2.86 bits per heavy atom. The molecule has 0 aromatic heterocycles. The lowest BCUT2D eigenvalue weighted by Crippen LogP contribution is -2.15. The van der Waals surface area contributed by atoms with Crippen molar-refractivity contribution in [3.63, 3.8) is 0 Å². The fraction of sp³-hybridized carbons (Fsp3) is 0.467. The van der Waals surface area contributed by atoms with Gasteiger partial charge in [0.05, 0.1) is 29.6 Å². The van der Waals surface area contributed by atoms with Crippen LogP contribution in [0.2, 0.25) is 5.02 Å². The first-order valence-electron chi connectivity index (χ1n) is 7.03. The van der Waals surface area contributed by atoms with E-state index in [-0.39, 0.29) is 28.9 Å². The molecule has 0 fully saturated rings. The predicted octanol–water partition coefficient (Wildman–Crippen LogP) is 2.96. The molecule has 0 saturated heterocycles. The summed E-state index contributed by atoms with van der Waals surface area (Å²) in [5.41, 5.74) is 0.722. The number of aliphatic hydroxyl groups is 1. The SMILES string of the molecule is CCCCOC(=O)c1cc(NC(=O)CSCCO)ccc1Cl. The van der Waals surface area contributed by atoms with Crippen molar-refractivity contribution in [1.29, 1.82) is 0 Å². The van der Waals surface area contributed by atoms with Crippen LogP contribution < -0.4 is 5.32 Å². The number of carbonyl (C=O) groups excluding carboxylic acids is 2. The summed E-state index contributed by atoms with van der Waals surface area (Å²) in [4.78, 5) is 23.6. The minimum atomic E-state index is -0.496. The Hall–Kier alpha value is -1.24. The van der Waals surface area contributed by atoms with Gasteiger partial charge in [-0.25, -0.2) is 4.79 Å². The molecule has 0 aliphatic rings. The Morgan fingerprint density at radius 2 is 2.18 bits per heavy atom. The zero-order chi connectivity index (χ0) is 16.4. The molecule has 1 aromatic rings. The minimum Gasteiger partial charge on any atom is -0.462 e. The highest BCUT2D eigenvalue weighted by atomic mass is 35.5. The number of hydrogen-bond acceptors (Lipinski definition) is 5. The highest BCUT2D eigenvalue weighted by Gasteiger charge is 2.13. The fourth-order valence-corrected chi connectivity index (χ4v) is 2.30. The van der Waals surface area contributed by atoms with E-state index >= 15 is 0 Å². The van der Waals surface area contributed by atoms with Crippen LogP contribution in [0.3, 0.4) is 0 Å². The van der Waals surface area contributed by atoms with E-state index in [1.165, 1.54) is 17.8 Å². The summed E-state index contributed by atoms with van der Waals surface area (Å²) in [7, 11) is 0. The number of aliphatic hydroxyl groups excluding tert-OH is 1.